The molecule has 0 fully saturated rings. The largest absolute Gasteiger partial charge is 0.504 e. The van der Waals surface area contributed by atoms with Gasteiger partial charge >= 0.3 is 5.97 Å². The SMILES string of the molecule is C=CCN(CC=C)C(Cc1ccc(O)c(O)c1)C(=O)OCCOCCOc1c(OCCOCCOCCOCCOC(C)(C)C)cc(C(=O)NCCCNC(=O)C(CCCNC(=O)c2cccc(O)c2O)(CCCNC(=O)c2cccc(O)c2O)CCCNC(=O)c2cccc(O)c2O)cc1OCCOCCOCCOCCOC(C)(C)C. The van der Waals surface area contributed by atoms with E-state index in [-0.39, 0.29) is 226 Å². The molecule has 0 aliphatic carbocycles. The summed E-state index contributed by atoms with van der Waals surface area (Å²) in [5.41, 5.74) is -1.80. The molecule has 5 rings (SSSR count). The Morgan fingerprint density at radius 3 is 1.14 bits per heavy atom. The number of amides is 5. The molecule has 0 saturated heterocycles. The number of nitrogens with zero attached hydrogens (tertiary/aromatic N) is 1. The molecular weight excluding hydrogens is 1540 g/mol. The molecule has 0 saturated carbocycles. The Hall–Kier alpha value is -10.2. The number of aromatic hydroxyl groups is 8. The second kappa shape index (κ2) is 54.0. The van der Waals surface area contributed by atoms with E-state index in [1.165, 1.54) is 78.9 Å². The predicted octanol–water partition coefficient (Wildman–Crippen LogP) is 7.90. The Labute approximate surface area is 690 Å². The van der Waals surface area contributed by atoms with Crippen molar-refractivity contribution in [2.24, 2.45) is 5.41 Å². The molecule has 5 aromatic rings. The Morgan fingerprint density at radius 1 is 0.398 bits per heavy atom. The molecule has 0 bridgehead atoms. The minimum Gasteiger partial charge on any atom is -0.504 e. The highest BCUT2D eigenvalue weighted by molar-refractivity contribution is 5.99. The van der Waals surface area contributed by atoms with Crippen LogP contribution in [0.1, 0.15) is 133 Å². The Bertz CT molecular complexity index is 3640. The smallest absolute Gasteiger partial charge is 0.323 e. The standard InChI is InChI=1S/C85H122N6O27/c1-9-34-91(35-10-2)65(56-60-24-25-66(92)70(96)57-60)81(104)116-53-47-112-46-52-115-76-71(113-50-44-108-40-36-106-38-42-110-48-54-117-83(3,4)5)58-61(59-72(76)114-51-45-109-41-37-107-39-43-111-49-55-118-84(6,7)8)77(100)86-32-17-33-90-82(105)85(26-14-29-87-78(101)62-18-11-21-67(93)73(62)97,27-15-30-88-79(102)63-19-12-22-68(94)74(63)98)28-16-31-89-80(103)64-20-13-23-69(95)75(64)99/h9-13,18-25,57-59,65,92-99H,1-2,14-17,26-56H2,3-8H3,(H,86,100)(H,87,101)(H,88,102)(H,89,103)(H,90,105). The van der Waals surface area contributed by atoms with Crippen LogP contribution < -0.4 is 40.8 Å². The molecule has 33 heteroatoms. The van der Waals surface area contributed by atoms with Gasteiger partial charge in [-0.1, -0.05) is 36.4 Å². The van der Waals surface area contributed by atoms with Crippen molar-refractivity contribution in [2.45, 2.75) is 110 Å². The van der Waals surface area contributed by atoms with Gasteiger partial charge in [0.1, 0.15) is 32.5 Å². The monoisotopic (exact) mass is 1660 g/mol. The lowest BCUT2D eigenvalue weighted by atomic mass is 9.74. The van der Waals surface area contributed by atoms with Crippen molar-refractivity contribution >= 4 is 35.5 Å². The summed E-state index contributed by atoms with van der Waals surface area (Å²) in [5.74, 6) is -7.53. The highest BCUT2D eigenvalue weighted by Crippen LogP contribution is 2.40. The lowest BCUT2D eigenvalue weighted by molar-refractivity contribution is -0.151. The van der Waals surface area contributed by atoms with Gasteiger partial charge in [0, 0.05) is 56.8 Å². The van der Waals surface area contributed by atoms with Crippen LogP contribution in [0.4, 0.5) is 0 Å². The van der Waals surface area contributed by atoms with Crippen LogP contribution in [0.5, 0.6) is 63.2 Å². The third-order valence-electron chi connectivity index (χ3n) is 17.7. The summed E-state index contributed by atoms with van der Waals surface area (Å²) in [6.45, 7) is 23.8. The number of phenolic OH excluding ortho intramolecular Hbond substituents is 8. The van der Waals surface area contributed by atoms with E-state index in [0.29, 0.717) is 71.5 Å². The summed E-state index contributed by atoms with van der Waals surface area (Å²) in [5, 5.41) is 95.9. The summed E-state index contributed by atoms with van der Waals surface area (Å²) in [7, 11) is 0. The lowest BCUT2D eigenvalue weighted by Crippen LogP contribution is -2.44. The third-order valence-corrected chi connectivity index (χ3v) is 17.7. The first-order valence-corrected chi connectivity index (χ1v) is 39.5. The molecule has 33 nitrogen and oxygen atoms in total. The second-order valence-electron chi connectivity index (χ2n) is 29.0. The van der Waals surface area contributed by atoms with Crippen LogP contribution in [0, 0.1) is 5.41 Å². The van der Waals surface area contributed by atoms with Gasteiger partial charge in [-0.2, -0.15) is 0 Å². The first-order valence-electron chi connectivity index (χ1n) is 39.5. The summed E-state index contributed by atoms with van der Waals surface area (Å²) in [4.78, 5) is 84.9. The lowest BCUT2D eigenvalue weighted by Gasteiger charge is -2.33. The zero-order chi connectivity index (χ0) is 86.1. The van der Waals surface area contributed by atoms with Crippen LogP contribution in [-0.4, -0.2) is 276 Å². The molecule has 5 amide bonds. The number of carbonyl (C=O) groups is 6. The number of esters is 1. The normalized spacial score (nSPS) is 11.9. The highest BCUT2D eigenvalue weighted by atomic mass is 16.6. The molecule has 13 N–H and O–H groups in total. The maximum atomic E-state index is 15.0. The van der Waals surface area contributed by atoms with Gasteiger partial charge in [0.15, 0.2) is 57.5 Å². The van der Waals surface area contributed by atoms with E-state index in [4.69, 9.17) is 61.6 Å². The van der Waals surface area contributed by atoms with E-state index < -0.39 is 81.5 Å². The number of rotatable bonds is 62. The Kier molecular flexibility index (Phi) is 45.0. The van der Waals surface area contributed by atoms with E-state index in [2.05, 4.69) is 39.7 Å². The van der Waals surface area contributed by atoms with Crippen molar-refractivity contribution in [1.82, 2.24) is 31.5 Å². The predicted molar refractivity (Wildman–Crippen MR) is 437 cm³/mol. The first kappa shape index (κ1) is 98.4. The molecule has 654 valence electrons. The zero-order valence-corrected chi connectivity index (χ0v) is 68.8. The Morgan fingerprint density at radius 2 is 0.754 bits per heavy atom. The van der Waals surface area contributed by atoms with E-state index >= 15 is 4.79 Å². The van der Waals surface area contributed by atoms with Gasteiger partial charge in [0.2, 0.25) is 11.7 Å². The number of ether oxygens (including phenoxy) is 13. The molecule has 0 radical (unpaired) electrons. The number of para-hydroxylation sites is 3. The number of benzene rings is 5. The van der Waals surface area contributed by atoms with E-state index in [1.54, 1.807) is 23.1 Å². The van der Waals surface area contributed by atoms with Gasteiger partial charge in [-0.15, -0.1) is 13.2 Å². The fraction of sp³-hybridized carbons (Fsp3) is 0.529. The average molecular weight is 1660 g/mol. The number of nitrogens with one attached hydrogen (secondary N) is 5. The van der Waals surface area contributed by atoms with Crippen LogP contribution in [-0.2, 0) is 63.4 Å². The van der Waals surface area contributed by atoms with Crippen molar-refractivity contribution in [3.05, 3.63) is 138 Å². The molecule has 0 spiro atoms. The summed E-state index contributed by atoms with van der Waals surface area (Å²) < 4.78 is 76.4. The van der Waals surface area contributed by atoms with Crippen LogP contribution in [0.15, 0.2) is 110 Å². The van der Waals surface area contributed by atoms with Gasteiger partial charge in [-0.3, -0.25) is 33.7 Å². The summed E-state index contributed by atoms with van der Waals surface area (Å²) in [6.07, 6.45) is 4.40. The molecule has 5 aromatic carbocycles. The molecule has 1 unspecified atom stereocenters. The number of hydrogen-bond donors (Lipinski definition) is 13. The minimum atomic E-state index is -1.30. The second-order valence-corrected chi connectivity index (χ2v) is 29.0. The fourth-order valence-electron chi connectivity index (χ4n) is 11.7. The van der Waals surface area contributed by atoms with Crippen LogP contribution >= 0.6 is 0 Å². The molecular formula is C85H122N6O27. The van der Waals surface area contributed by atoms with E-state index in [0.717, 1.165) is 0 Å². The van der Waals surface area contributed by atoms with Crippen LogP contribution in [0.25, 0.3) is 0 Å². The van der Waals surface area contributed by atoms with Gasteiger partial charge in [-0.05, 0) is 159 Å². The highest BCUT2D eigenvalue weighted by Gasteiger charge is 2.37. The number of hydrogen-bond acceptors (Lipinski definition) is 28. The molecule has 118 heavy (non-hydrogen) atoms. The number of phenols is 8. The van der Waals surface area contributed by atoms with Crippen molar-refractivity contribution in [3.8, 4) is 63.2 Å². The average Bonchev–Trinajstić information content (AvgIpc) is 0.791. The topological polar surface area (TPSA) is 448 Å². The van der Waals surface area contributed by atoms with Crippen molar-refractivity contribution in [2.75, 3.05) is 178 Å². The first-order chi connectivity index (χ1) is 56.6. The molecule has 0 aromatic heterocycles. The maximum Gasteiger partial charge on any atom is 0.323 e. The van der Waals surface area contributed by atoms with Crippen LogP contribution in [0.3, 0.4) is 0 Å². The molecule has 0 aliphatic heterocycles. The van der Waals surface area contributed by atoms with Gasteiger partial charge < -0.3 is 129 Å². The van der Waals surface area contributed by atoms with Crippen molar-refractivity contribution in [1.29, 1.82) is 0 Å². The third kappa shape index (κ3) is 37.2. The maximum absolute atomic E-state index is 15.0. The quantitative estimate of drug-likeness (QED) is 0.00761. The Balaban J connectivity index is 1.36. The summed E-state index contributed by atoms with van der Waals surface area (Å²) in [6, 6.07) is 18.2. The fourth-order valence-corrected chi connectivity index (χ4v) is 11.7. The minimum absolute atomic E-state index is 0.00491. The van der Waals surface area contributed by atoms with E-state index in [1.807, 2.05) is 41.5 Å². The summed E-state index contributed by atoms with van der Waals surface area (Å²) >= 11 is 0. The van der Waals surface area contributed by atoms with E-state index in [9.17, 15) is 64.8 Å². The zero-order valence-electron chi connectivity index (χ0n) is 68.8. The molecule has 0 heterocycles. The number of carbonyl (C=O) groups excluding carboxylic acids is 6. The molecule has 0 aliphatic rings. The van der Waals surface area contributed by atoms with Gasteiger partial charge in [0.05, 0.1) is 134 Å². The molecule has 1 atom stereocenters. The van der Waals surface area contributed by atoms with Gasteiger partial charge in [0.25, 0.3) is 23.6 Å². The van der Waals surface area contributed by atoms with Gasteiger partial charge in [-0.25, -0.2) is 0 Å². The van der Waals surface area contributed by atoms with Crippen LogP contribution in [0.2, 0.25) is 0 Å². The van der Waals surface area contributed by atoms with Crippen molar-refractivity contribution < 1.29 is 131 Å². The van der Waals surface area contributed by atoms with Crippen molar-refractivity contribution in [3.63, 3.8) is 0 Å².